The Morgan fingerprint density at radius 3 is 2.50 bits per heavy atom. The van der Waals surface area contributed by atoms with Gasteiger partial charge in [-0.05, 0) is 32.0 Å². The predicted octanol–water partition coefficient (Wildman–Crippen LogP) is 5.39. The van der Waals surface area contributed by atoms with Crippen LogP contribution in [0.1, 0.15) is 18.7 Å². The molecule has 3 aromatic rings. The summed E-state index contributed by atoms with van der Waals surface area (Å²) in [6.07, 6.45) is 0. The summed E-state index contributed by atoms with van der Waals surface area (Å²) < 4.78 is 11.8. The zero-order chi connectivity index (χ0) is 18.3. The van der Waals surface area contributed by atoms with Gasteiger partial charge in [-0.2, -0.15) is 0 Å². The number of para-hydroxylation sites is 1. The van der Waals surface area contributed by atoms with Gasteiger partial charge in [0.25, 0.3) is 0 Å². The number of nitrogens with zero attached hydrogens (tertiary/aromatic N) is 1. The van der Waals surface area contributed by atoms with Crippen LogP contribution in [0.4, 0.5) is 11.4 Å². The highest BCUT2D eigenvalue weighted by Gasteiger charge is 2.33. The molecule has 6 heteroatoms. The zero-order valence-electron chi connectivity index (χ0n) is 15.1. The molecular formula is C20H20N2O2S2. The zero-order valence-corrected chi connectivity index (χ0v) is 16.8. The first-order valence-corrected chi connectivity index (χ1v) is 10.5. The molecule has 0 bridgehead atoms. The van der Waals surface area contributed by atoms with Crippen LogP contribution in [0.5, 0.6) is 11.5 Å². The van der Waals surface area contributed by atoms with Crippen molar-refractivity contribution in [3.63, 3.8) is 0 Å². The fourth-order valence-electron chi connectivity index (χ4n) is 3.21. The third kappa shape index (κ3) is 2.79. The topological polar surface area (TPSA) is 42.8 Å². The summed E-state index contributed by atoms with van der Waals surface area (Å²) in [5, 5.41) is 3.64. The maximum Gasteiger partial charge on any atom is 0.162 e. The smallest absolute Gasteiger partial charge is 0.162 e. The molecule has 0 atom stereocenters. The minimum absolute atomic E-state index is 0.115. The van der Waals surface area contributed by atoms with Gasteiger partial charge in [0.2, 0.25) is 0 Å². The number of hydrogen-bond acceptors (Lipinski definition) is 6. The van der Waals surface area contributed by atoms with Crippen LogP contribution in [0.15, 0.2) is 47.5 Å². The Morgan fingerprint density at radius 1 is 0.962 bits per heavy atom. The number of benzene rings is 2. The molecule has 0 saturated carbocycles. The fourth-order valence-corrected chi connectivity index (χ4v) is 6.14. The predicted molar refractivity (Wildman–Crippen MR) is 109 cm³/mol. The Hall–Kier alpha value is -2.31. The standard InChI is InChI=1S/C20H20N2O2S2/c1-20(2)18-17(13-7-5-6-8-14(13)22-20)19(26-25-18)21-12-9-10-15(23-3)16(11-12)24-4/h5-11,22H,1-4H3. The van der Waals surface area contributed by atoms with Gasteiger partial charge in [0.1, 0.15) is 4.67 Å². The quantitative estimate of drug-likeness (QED) is 0.616. The SMILES string of the molecule is COc1ccc(N=c2ssc3c2-c2ccccc2NC3(C)C)cc1OC. The van der Waals surface area contributed by atoms with E-state index in [1.165, 1.54) is 16.0 Å². The van der Waals surface area contributed by atoms with E-state index in [0.717, 1.165) is 16.0 Å². The summed E-state index contributed by atoms with van der Waals surface area (Å²) in [5.41, 5.74) is 4.33. The first-order valence-electron chi connectivity index (χ1n) is 8.31. The third-order valence-electron chi connectivity index (χ3n) is 4.45. The Balaban J connectivity index is 1.91. The molecule has 0 aliphatic carbocycles. The molecule has 0 fully saturated rings. The van der Waals surface area contributed by atoms with Crippen LogP contribution in [-0.4, -0.2) is 14.2 Å². The highest BCUT2D eigenvalue weighted by atomic mass is 32.9. The molecule has 0 unspecified atom stereocenters. The summed E-state index contributed by atoms with van der Waals surface area (Å²) in [6, 6.07) is 14.2. The second-order valence-electron chi connectivity index (χ2n) is 6.62. The van der Waals surface area contributed by atoms with Crippen molar-refractivity contribution >= 4 is 32.1 Å². The molecule has 1 aromatic heterocycles. The van der Waals surface area contributed by atoms with E-state index in [-0.39, 0.29) is 5.54 Å². The highest BCUT2D eigenvalue weighted by Crippen LogP contribution is 2.45. The lowest BCUT2D eigenvalue weighted by atomic mass is 9.90. The van der Waals surface area contributed by atoms with Crippen molar-refractivity contribution in [1.29, 1.82) is 0 Å². The van der Waals surface area contributed by atoms with Crippen LogP contribution in [0.2, 0.25) is 0 Å². The van der Waals surface area contributed by atoms with E-state index in [4.69, 9.17) is 14.5 Å². The van der Waals surface area contributed by atoms with E-state index in [0.29, 0.717) is 11.5 Å². The fraction of sp³-hybridized carbons (Fsp3) is 0.250. The molecule has 1 N–H and O–H groups in total. The Bertz CT molecular complexity index is 1030. The van der Waals surface area contributed by atoms with Gasteiger partial charge < -0.3 is 14.8 Å². The molecule has 0 amide bonds. The maximum atomic E-state index is 5.41. The van der Waals surface area contributed by atoms with Gasteiger partial charge in [0, 0.05) is 22.9 Å². The average molecular weight is 385 g/mol. The number of hydrogen-bond donors (Lipinski definition) is 1. The van der Waals surface area contributed by atoms with Crippen molar-refractivity contribution in [2.24, 2.45) is 4.99 Å². The summed E-state index contributed by atoms with van der Waals surface area (Å²) >= 11 is 0. The number of methoxy groups -OCH3 is 2. The summed E-state index contributed by atoms with van der Waals surface area (Å²) in [5.74, 6) is 1.39. The van der Waals surface area contributed by atoms with E-state index in [1.54, 1.807) is 34.9 Å². The average Bonchev–Trinajstić information content (AvgIpc) is 3.06. The van der Waals surface area contributed by atoms with Crippen LogP contribution in [0.25, 0.3) is 11.1 Å². The van der Waals surface area contributed by atoms with Crippen molar-refractivity contribution in [3.05, 3.63) is 52.0 Å². The van der Waals surface area contributed by atoms with Gasteiger partial charge in [-0.3, -0.25) is 0 Å². The van der Waals surface area contributed by atoms with Crippen LogP contribution < -0.4 is 19.5 Å². The Labute approximate surface area is 160 Å². The van der Waals surface area contributed by atoms with Crippen molar-refractivity contribution in [1.82, 2.24) is 0 Å². The lowest BCUT2D eigenvalue weighted by Crippen LogP contribution is -2.31. The van der Waals surface area contributed by atoms with Crippen LogP contribution in [-0.2, 0) is 5.54 Å². The van der Waals surface area contributed by atoms with Gasteiger partial charge in [-0.15, -0.1) is 0 Å². The molecule has 26 heavy (non-hydrogen) atoms. The van der Waals surface area contributed by atoms with Gasteiger partial charge in [-0.1, -0.05) is 38.9 Å². The minimum atomic E-state index is -0.115. The molecule has 2 aromatic carbocycles. The first-order chi connectivity index (χ1) is 12.5. The molecule has 4 rings (SSSR count). The van der Waals surface area contributed by atoms with Crippen LogP contribution >= 0.6 is 20.7 Å². The lowest BCUT2D eigenvalue weighted by molar-refractivity contribution is 0.355. The van der Waals surface area contributed by atoms with E-state index < -0.39 is 0 Å². The summed E-state index contributed by atoms with van der Waals surface area (Å²) in [7, 11) is 6.78. The maximum absolute atomic E-state index is 5.41. The molecule has 4 nitrogen and oxygen atoms in total. The van der Waals surface area contributed by atoms with E-state index in [2.05, 4.69) is 43.4 Å². The second-order valence-corrected chi connectivity index (χ2v) is 8.75. The number of ether oxygens (including phenoxy) is 2. The molecule has 1 aliphatic rings. The molecule has 2 heterocycles. The van der Waals surface area contributed by atoms with Crippen molar-refractivity contribution < 1.29 is 9.47 Å². The number of nitrogens with one attached hydrogen (secondary N) is 1. The van der Waals surface area contributed by atoms with Gasteiger partial charge >= 0.3 is 0 Å². The molecule has 1 aliphatic heterocycles. The van der Waals surface area contributed by atoms with Gasteiger partial charge in [0.05, 0.1) is 30.3 Å². The van der Waals surface area contributed by atoms with Crippen LogP contribution in [0, 0.1) is 0 Å². The minimum Gasteiger partial charge on any atom is -0.493 e. The van der Waals surface area contributed by atoms with Gasteiger partial charge in [0.15, 0.2) is 11.5 Å². The molecular weight excluding hydrogens is 364 g/mol. The molecule has 134 valence electrons. The Morgan fingerprint density at radius 2 is 1.73 bits per heavy atom. The van der Waals surface area contributed by atoms with Crippen molar-refractivity contribution in [2.45, 2.75) is 19.4 Å². The van der Waals surface area contributed by atoms with E-state index in [9.17, 15) is 0 Å². The normalized spacial score (nSPS) is 15.0. The van der Waals surface area contributed by atoms with Crippen LogP contribution in [0.3, 0.4) is 0 Å². The van der Waals surface area contributed by atoms with E-state index >= 15 is 0 Å². The molecule has 0 radical (unpaired) electrons. The van der Waals surface area contributed by atoms with E-state index in [1.807, 2.05) is 18.2 Å². The largest absolute Gasteiger partial charge is 0.493 e. The van der Waals surface area contributed by atoms with Crippen molar-refractivity contribution in [3.8, 4) is 22.6 Å². The third-order valence-corrected chi connectivity index (χ3v) is 7.10. The summed E-state index contributed by atoms with van der Waals surface area (Å²) in [6.45, 7) is 4.43. The molecule has 0 spiro atoms. The molecule has 0 saturated heterocycles. The monoisotopic (exact) mass is 384 g/mol. The Kier molecular flexibility index (Phi) is 4.25. The highest BCUT2D eigenvalue weighted by molar-refractivity contribution is 7.68. The second kappa shape index (κ2) is 6.45. The number of anilines is 1. The first kappa shape index (κ1) is 17.1. The number of rotatable bonds is 3. The van der Waals surface area contributed by atoms with Gasteiger partial charge in [-0.25, -0.2) is 4.99 Å². The lowest BCUT2D eigenvalue weighted by Gasteiger charge is -2.33. The van der Waals surface area contributed by atoms with Crippen molar-refractivity contribution in [2.75, 3.05) is 19.5 Å². The summed E-state index contributed by atoms with van der Waals surface area (Å²) in [4.78, 5) is 6.25. The number of fused-ring (bicyclic) bond motifs is 3.